The summed E-state index contributed by atoms with van der Waals surface area (Å²) >= 11 is 0. The molecule has 3 aliphatic rings. The van der Waals surface area contributed by atoms with Crippen LogP contribution in [0.25, 0.3) is 0 Å². The summed E-state index contributed by atoms with van der Waals surface area (Å²) in [6, 6.07) is 6.96. The van der Waals surface area contributed by atoms with Crippen LogP contribution in [0.5, 0.6) is 0 Å². The summed E-state index contributed by atoms with van der Waals surface area (Å²) in [4.78, 5) is 53.1. The van der Waals surface area contributed by atoms with Crippen LogP contribution in [-0.4, -0.2) is 30.8 Å². The quantitative estimate of drug-likeness (QED) is 0.435. The van der Waals surface area contributed by atoms with E-state index in [2.05, 4.69) is 0 Å². The van der Waals surface area contributed by atoms with E-state index in [9.17, 15) is 23.6 Å². The Labute approximate surface area is 212 Å². The molecule has 2 aromatic rings. The Kier molecular flexibility index (Phi) is 6.04. The topological polar surface area (TPSA) is 109 Å². The molecule has 2 aliphatic carbocycles. The number of hydrogen-bond donors (Lipinski definition) is 0. The fourth-order valence-corrected chi connectivity index (χ4v) is 6.67. The Morgan fingerprint density at radius 2 is 1.86 bits per heavy atom. The third kappa shape index (κ3) is 3.88. The number of methoxy groups -OCH3 is 1. The molecule has 9 heteroatoms. The first-order chi connectivity index (χ1) is 17.6. The summed E-state index contributed by atoms with van der Waals surface area (Å²) in [5, 5.41) is 0. The summed E-state index contributed by atoms with van der Waals surface area (Å²) in [7, 11) is 1.25. The molecule has 0 N–H and O–H groups in total. The molecule has 37 heavy (non-hydrogen) atoms. The number of furan rings is 1. The van der Waals surface area contributed by atoms with Crippen LogP contribution in [-0.2, 0) is 28.6 Å². The number of Topliss-reactive ketones (excluding diaryl/α,β-unsaturated/α-hetero) is 1. The highest BCUT2D eigenvalue weighted by Crippen LogP contribution is 2.64. The second-order valence-corrected chi connectivity index (χ2v) is 10.5. The molecule has 5 rings (SSSR count). The lowest BCUT2D eigenvalue weighted by atomic mass is 9.44. The predicted molar refractivity (Wildman–Crippen MR) is 125 cm³/mol. The maximum absolute atomic E-state index is 14.2. The zero-order valence-electron chi connectivity index (χ0n) is 20.7. The van der Waals surface area contributed by atoms with Crippen LogP contribution in [0.1, 0.15) is 55.1 Å². The Morgan fingerprint density at radius 3 is 2.54 bits per heavy atom. The van der Waals surface area contributed by atoms with Gasteiger partial charge in [-0.25, -0.2) is 9.18 Å². The minimum Gasteiger partial charge on any atom is -0.472 e. The van der Waals surface area contributed by atoms with E-state index in [1.165, 1.54) is 43.9 Å². The predicted octanol–water partition coefficient (Wildman–Crippen LogP) is 4.56. The van der Waals surface area contributed by atoms with Crippen LogP contribution in [0.2, 0.25) is 0 Å². The number of allylic oxidation sites excluding steroid dienone is 1. The summed E-state index contributed by atoms with van der Waals surface area (Å²) in [5.41, 5.74) is -1.53. The van der Waals surface area contributed by atoms with Crippen molar-refractivity contribution in [2.45, 2.75) is 39.2 Å². The van der Waals surface area contributed by atoms with Crippen LogP contribution in [0.15, 0.2) is 59.1 Å². The Morgan fingerprint density at radius 1 is 1.11 bits per heavy atom. The van der Waals surface area contributed by atoms with Gasteiger partial charge in [0.2, 0.25) is 5.78 Å². The van der Waals surface area contributed by atoms with Crippen molar-refractivity contribution in [3.05, 3.63) is 71.6 Å². The lowest BCUT2D eigenvalue weighted by Gasteiger charge is -2.59. The van der Waals surface area contributed by atoms with E-state index in [1.807, 2.05) is 13.8 Å². The van der Waals surface area contributed by atoms with Gasteiger partial charge in [0, 0.05) is 11.5 Å². The lowest BCUT2D eigenvalue weighted by molar-refractivity contribution is -0.197. The molecule has 0 amide bonds. The molecule has 8 nitrogen and oxygen atoms in total. The number of esters is 3. The van der Waals surface area contributed by atoms with E-state index in [1.54, 1.807) is 6.07 Å². The molecule has 2 fully saturated rings. The first kappa shape index (κ1) is 24.9. The fourth-order valence-electron chi connectivity index (χ4n) is 6.67. The number of rotatable bonds is 4. The molecule has 1 aromatic carbocycles. The summed E-state index contributed by atoms with van der Waals surface area (Å²) in [6.07, 6.45) is 4.73. The van der Waals surface area contributed by atoms with Gasteiger partial charge in [-0.3, -0.25) is 14.4 Å². The largest absolute Gasteiger partial charge is 0.472 e. The van der Waals surface area contributed by atoms with E-state index in [4.69, 9.17) is 18.6 Å². The Hall–Kier alpha value is -3.75. The van der Waals surface area contributed by atoms with E-state index >= 15 is 0 Å². The smallest absolute Gasteiger partial charge is 0.346 e. The standard InChI is InChI=1S/C28H27FO8/c1-27-10-8-17-26(33)37-21(15-9-11-35-14-15)13-28(17,2)23(27)22(30)20(12-18(27)25(32)34-3)36-24(31)16-6-4-5-7-19(16)29/h4-7,9,11-12,14,17-18,21,23H,8,10,13H2,1-3H3/t17-,18-,21-,23-,27-,28-/m0/s1. The normalized spacial score (nSPS) is 32.9. The van der Waals surface area contributed by atoms with Crippen molar-refractivity contribution in [1.29, 1.82) is 0 Å². The summed E-state index contributed by atoms with van der Waals surface area (Å²) in [5.74, 6) is -6.14. The van der Waals surface area contributed by atoms with Gasteiger partial charge in [-0.2, -0.15) is 0 Å². The molecule has 0 spiro atoms. The van der Waals surface area contributed by atoms with Crippen molar-refractivity contribution in [3.63, 3.8) is 0 Å². The van der Waals surface area contributed by atoms with E-state index in [-0.39, 0.29) is 11.3 Å². The van der Waals surface area contributed by atoms with E-state index in [0.29, 0.717) is 24.8 Å². The van der Waals surface area contributed by atoms with Crippen molar-refractivity contribution in [3.8, 4) is 0 Å². The highest BCUT2D eigenvalue weighted by molar-refractivity contribution is 6.03. The Balaban J connectivity index is 1.58. The van der Waals surface area contributed by atoms with Crippen LogP contribution in [0.3, 0.4) is 0 Å². The fraction of sp³-hybridized carbons (Fsp3) is 0.429. The zero-order chi connectivity index (χ0) is 26.5. The lowest BCUT2D eigenvalue weighted by Crippen LogP contribution is -2.61. The summed E-state index contributed by atoms with van der Waals surface area (Å²) in [6.45, 7) is 3.68. The van der Waals surface area contributed by atoms with Gasteiger partial charge in [0.05, 0.1) is 37.0 Å². The third-order valence-electron chi connectivity index (χ3n) is 8.45. The van der Waals surface area contributed by atoms with Crippen LogP contribution in [0.4, 0.5) is 4.39 Å². The highest BCUT2D eigenvalue weighted by Gasteiger charge is 2.66. The second-order valence-electron chi connectivity index (χ2n) is 10.5. The SMILES string of the molecule is COC(=O)[C@@H]1C=C(OC(=O)c2ccccc2F)C(=O)[C@H]2[C@@]1(C)CC[C@H]1C(=O)O[C@H](c3ccoc3)C[C@]21C. The minimum absolute atomic E-state index is 0.303. The van der Waals surface area contributed by atoms with Crippen molar-refractivity contribution >= 4 is 23.7 Å². The van der Waals surface area contributed by atoms with Gasteiger partial charge in [0.1, 0.15) is 11.9 Å². The van der Waals surface area contributed by atoms with E-state index < -0.39 is 64.2 Å². The van der Waals surface area contributed by atoms with Gasteiger partial charge in [-0.05, 0) is 54.4 Å². The monoisotopic (exact) mass is 510 g/mol. The van der Waals surface area contributed by atoms with Gasteiger partial charge in [-0.15, -0.1) is 0 Å². The molecule has 0 bridgehead atoms. The zero-order valence-corrected chi connectivity index (χ0v) is 20.7. The van der Waals surface area contributed by atoms with Crippen LogP contribution in [0, 0.1) is 34.4 Å². The molecule has 1 aliphatic heterocycles. The number of ether oxygens (including phenoxy) is 3. The molecular formula is C28H27FO8. The van der Waals surface area contributed by atoms with Crippen LogP contribution < -0.4 is 0 Å². The van der Waals surface area contributed by atoms with Crippen LogP contribution >= 0.6 is 0 Å². The maximum Gasteiger partial charge on any atom is 0.346 e. The van der Waals surface area contributed by atoms with Gasteiger partial charge in [-0.1, -0.05) is 26.0 Å². The van der Waals surface area contributed by atoms with Gasteiger partial charge in [0.25, 0.3) is 0 Å². The average molecular weight is 511 g/mol. The van der Waals surface area contributed by atoms with E-state index in [0.717, 1.165) is 6.07 Å². The molecule has 1 saturated carbocycles. The molecule has 1 aromatic heterocycles. The van der Waals surface area contributed by atoms with Crippen molar-refractivity contribution < 1.29 is 42.2 Å². The second kappa shape index (κ2) is 8.97. The van der Waals surface area contributed by atoms with Gasteiger partial charge < -0.3 is 18.6 Å². The number of benzene rings is 1. The average Bonchev–Trinajstić information content (AvgIpc) is 3.40. The molecule has 6 atom stereocenters. The molecular weight excluding hydrogens is 483 g/mol. The molecule has 2 heterocycles. The number of hydrogen-bond acceptors (Lipinski definition) is 8. The molecule has 0 unspecified atom stereocenters. The van der Waals surface area contributed by atoms with Crippen molar-refractivity contribution in [1.82, 2.24) is 0 Å². The number of halogens is 1. The van der Waals surface area contributed by atoms with Crippen molar-refractivity contribution in [2.75, 3.05) is 7.11 Å². The van der Waals surface area contributed by atoms with Gasteiger partial charge >= 0.3 is 17.9 Å². The first-order valence-corrected chi connectivity index (χ1v) is 12.1. The number of ketones is 1. The van der Waals surface area contributed by atoms with Gasteiger partial charge in [0.15, 0.2) is 5.76 Å². The summed E-state index contributed by atoms with van der Waals surface area (Å²) < 4.78 is 35.7. The molecule has 194 valence electrons. The number of fused-ring (bicyclic) bond motifs is 3. The van der Waals surface area contributed by atoms with Crippen molar-refractivity contribution in [2.24, 2.45) is 28.6 Å². The highest BCUT2D eigenvalue weighted by atomic mass is 19.1. The molecule has 0 radical (unpaired) electrons. The first-order valence-electron chi connectivity index (χ1n) is 12.1. The maximum atomic E-state index is 14.2. The third-order valence-corrected chi connectivity index (χ3v) is 8.45. The minimum atomic E-state index is -1.05. The Bertz CT molecular complexity index is 1300. The molecule has 1 saturated heterocycles. The number of cyclic esters (lactones) is 1. The number of carbonyl (C=O) groups excluding carboxylic acids is 4. The number of carbonyl (C=O) groups is 4.